The van der Waals surface area contributed by atoms with Gasteiger partial charge in [-0.05, 0) is 91.4 Å². The van der Waals surface area contributed by atoms with E-state index in [9.17, 15) is 13.2 Å². The van der Waals surface area contributed by atoms with Crippen molar-refractivity contribution >= 4 is 49.9 Å². The maximum Gasteiger partial charge on any atom is 0.248 e. The number of nitrogens with zero attached hydrogens (tertiary/aromatic N) is 1. The van der Waals surface area contributed by atoms with Gasteiger partial charge in [0.2, 0.25) is 15.9 Å². The van der Waals surface area contributed by atoms with Crippen molar-refractivity contribution in [1.29, 1.82) is 0 Å². The summed E-state index contributed by atoms with van der Waals surface area (Å²) in [6, 6.07) is 11.4. The van der Waals surface area contributed by atoms with Crippen LogP contribution in [0.1, 0.15) is 19.4 Å². The Labute approximate surface area is 174 Å². The number of sulfonamides is 1. The fourth-order valence-corrected chi connectivity index (χ4v) is 4.49. The first-order valence-electron chi connectivity index (χ1n) is 8.42. The fourth-order valence-electron chi connectivity index (χ4n) is 2.67. The molecule has 2 rings (SSSR count). The van der Waals surface area contributed by atoms with Crippen LogP contribution in [0.5, 0.6) is 5.75 Å². The fraction of sp³-hybridized carbons (Fsp3) is 0.316. The van der Waals surface area contributed by atoms with Crippen LogP contribution in [0.2, 0.25) is 0 Å². The Bertz CT molecular complexity index is 914. The summed E-state index contributed by atoms with van der Waals surface area (Å²) in [6.45, 7) is 5.84. The Balaban J connectivity index is 2.28. The number of carbonyl (C=O) groups is 1. The van der Waals surface area contributed by atoms with Gasteiger partial charge in [-0.2, -0.15) is 0 Å². The third-order valence-electron chi connectivity index (χ3n) is 3.94. The lowest BCUT2D eigenvalue weighted by atomic mass is 10.2. The zero-order valence-electron chi connectivity index (χ0n) is 15.7. The van der Waals surface area contributed by atoms with Crippen LogP contribution < -0.4 is 14.4 Å². The zero-order chi connectivity index (χ0) is 20.2. The largest absolute Gasteiger partial charge is 0.494 e. The average molecular weight is 502 g/mol. The lowest BCUT2D eigenvalue weighted by molar-refractivity contribution is -0.116. The number of rotatable bonds is 7. The van der Waals surface area contributed by atoms with Gasteiger partial charge in [0.05, 0.1) is 18.6 Å². The number of benzene rings is 2. The van der Waals surface area contributed by atoms with E-state index in [1.807, 2.05) is 32.0 Å². The van der Waals surface area contributed by atoms with E-state index >= 15 is 0 Å². The molecule has 0 aliphatic carbocycles. The second-order valence-corrected chi connectivity index (χ2v) is 9.22. The van der Waals surface area contributed by atoms with Crippen LogP contribution in [0, 0.1) is 10.5 Å². The lowest BCUT2D eigenvalue weighted by Crippen LogP contribution is -2.45. The van der Waals surface area contributed by atoms with Crippen LogP contribution in [0.4, 0.5) is 11.4 Å². The highest BCUT2D eigenvalue weighted by Crippen LogP contribution is 2.25. The third kappa shape index (κ3) is 5.58. The first-order valence-corrected chi connectivity index (χ1v) is 11.4. The van der Waals surface area contributed by atoms with Gasteiger partial charge in [0, 0.05) is 9.26 Å². The van der Waals surface area contributed by atoms with Crippen molar-refractivity contribution in [1.82, 2.24) is 0 Å². The molecule has 27 heavy (non-hydrogen) atoms. The maximum atomic E-state index is 12.7. The molecule has 0 spiro atoms. The van der Waals surface area contributed by atoms with Crippen molar-refractivity contribution in [3.63, 3.8) is 0 Å². The molecular weight excluding hydrogens is 479 g/mol. The van der Waals surface area contributed by atoms with Gasteiger partial charge < -0.3 is 10.1 Å². The van der Waals surface area contributed by atoms with Gasteiger partial charge in [-0.3, -0.25) is 9.10 Å². The number of amides is 1. The summed E-state index contributed by atoms with van der Waals surface area (Å²) >= 11 is 2.20. The van der Waals surface area contributed by atoms with Crippen molar-refractivity contribution in [3.8, 4) is 5.75 Å². The molecule has 0 saturated heterocycles. The van der Waals surface area contributed by atoms with Crippen LogP contribution in [0.3, 0.4) is 0 Å². The van der Waals surface area contributed by atoms with Gasteiger partial charge in [0.15, 0.2) is 0 Å². The Morgan fingerprint density at radius 3 is 2.37 bits per heavy atom. The Kier molecular flexibility index (Phi) is 7.10. The molecule has 0 heterocycles. The first kappa shape index (κ1) is 21.5. The molecule has 8 heteroatoms. The van der Waals surface area contributed by atoms with Crippen molar-refractivity contribution in [3.05, 3.63) is 51.6 Å². The van der Waals surface area contributed by atoms with Gasteiger partial charge in [0.1, 0.15) is 11.8 Å². The molecule has 0 radical (unpaired) electrons. The quantitative estimate of drug-likeness (QED) is 0.585. The molecule has 1 atom stereocenters. The summed E-state index contributed by atoms with van der Waals surface area (Å²) in [5, 5.41) is 2.82. The molecule has 0 saturated carbocycles. The van der Waals surface area contributed by atoms with E-state index in [1.54, 1.807) is 31.2 Å². The Morgan fingerprint density at radius 2 is 1.85 bits per heavy atom. The molecule has 146 valence electrons. The molecule has 1 N–H and O–H groups in total. The number of hydrogen-bond donors (Lipinski definition) is 1. The second kappa shape index (κ2) is 8.92. The van der Waals surface area contributed by atoms with E-state index in [0.717, 1.165) is 19.7 Å². The smallest absolute Gasteiger partial charge is 0.248 e. The van der Waals surface area contributed by atoms with Crippen LogP contribution in [-0.2, 0) is 14.8 Å². The molecule has 0 bridgehead atoms. The standard InChI is InChI=1S/C19H23IN2O4S/c1-5-26-17-9-7-16(8-10-17)22(27(4,24)25)14(3)19(23)21-18-11-6-15(20)12-13(18)2/h6-12,14H,5H2,1-4H3,(H,21,23)/t14-/m1/s1. The second-order valence-electron chi connectivity index (χ2n) is 6.11. The zero-order valence-corrected chi connectivity index (χ0v) is 18.7. The predicted octanol–water partition coefficient (Wildman–Crippen LogP) is 3.79. The Hall–Kier alpha value is -1.81. The number of nitrogens with one attached hydrogen (secondary N) is 1. The van der Waals surface area contributed by atoms with Crippen LogP contribution in [0.25, 0.3) is 0 Å². The van der Waals surface area contributed by atoms with Gasteiger partial charge >= 0.3 is 0 Å². The molecule has 2 aromatic carbocycles. The molecule has 2 aromatic rings. The van der Waals surface area contributed by atoms with Crippen LogP contribution in [-0.4, -0.2) is 33.2 Å². The number of ether oxygens (including phenoxy) is 1. The van der Waals surface area contributed by atoms with E-state index in [-0.39, 0.29) is 0 Å². The monoisotopic (exact) mass is 502 g/mol. The first-order chi connectivity index (χ1) is 12.6. The summed E-state index contributed by atoms with van der Waals surface area (Å²) in [6.07, 6.45) is 1.09. The summed E-state index contributed by atoms with van der Waals surface area (Å²) in [7, 11) is -3.67. The van der Waals surface area contributed by atoms with Crippen molar-refractivity contribution in [2.45, 2.75) is 26.8 Å². The summed E-state index contributed by atoms with van der Waals surface area (Å²) in [4.78, 5) is 12.7. The third-order valence-corrected chi connectivity index (χ3v) is 5.85. The number of aryl methyl sites for hydroxylation is 1. The highest BCUT2D eigenvalue weighted by Gasteiger charge is 2.29. The number of hydrogen-bond acceptors (Lipinski definition) is 4. The molecule has 0 aliphatic heterocycles. The predicted molar refractivity (Wildman–Crippen MR) is 117 cm³/mol. The normalized spacial score (nSPS) is 12.3. The molecule has 0 fully saturated rings. The number of carbonyl (C=O) groups excluding carboxylic acids is 1. The average Bonchev–Trinajstić information content (AvgIpc) is 2.58. The molecule has 6 nitrogen and oxygen atoms in total. The van der Waals surface area contributed by atoms with E-state index in [2.05, 4.69) is 27.9 Å². The molecule has 1 amide bonds. The topological polar surface area (TPSA) is 75.7 Å². The molecular formula is C19H23IN2O4S. The summed E-state index contributed by atoms with van der Waals surface area (Å²) in [5.41, 5.74) is 1.98. The summed E-state index contributed by atoms with van der Waals surface area (Å²) in [5.74, 6) is 0.236. The van der Waals surface area contributed by atoms with Crippen molar-refractivity contribution in [2.24, 2.45) is 0 Å². The van der Waals surface area contributed by atoms with Gasteiger partial charge in [-0.1, -0.05) is 0 Å². The summed E-state index contributed by atoms with van der Waals surface area (Å²) < 4.78 is 32.3. The van der Waals surface area contributed by atoms with E-state index in [0.29, 0.717) is 23.7 Å². The molecule has 0 unspecified atom stereocenters. The molecule has 0 aromatic heterocycles. The SMILES string of the molecule is CCOc1ccc(N([C@H](C)C(=O)Nc2ccc(I)cc2C)S(C)(=O)=O)cc1. The minimum absolute atomic E-state index is 0.404. The number of halogens is 1. The lowest BCUT2D eigenvalue weighted by Gasteiger charge is -2.28. The van der Waals surface area contributed by atoms with Gasteiger partial charge in [-0.25, -0.2) is 8.42 Å². The van der Waals surface area contributed by atoms with Crippen molar-refractivity contribution in [2.75, 3.05) is 22.5 Å². The highest BCUT2D eigenvalue weighted by atomic mass is 127. The van der Waals surface area contributed by atoms with Crippen LogP contribution >= 0.6 is 22.6 Å². The van der Waals surface area contributed by atoms with Gasteiger partial charge in [0.25, 0.3) is 0 Å². The number of anilines is 2. The Morgan fingerprint density at radius 1 is 1.22 bits per heavy atom. The van der Waals surface area contributed by atoms with Crippen LogP contribution in [0.15, 0.2) is 42.5 Å². The maximum absolute atomic E-state index is 12.7. The minimum atomic E-state index is -3.67. The highest BCUT2D eigenvalue weighted by molar-refractivity contribution is 14.1. The van der Waals surface area contributed by atoms with E-state index in [4.69, 9.17) is 4.74 Å². The minimum Gasteiger partial charge on any atom is -0.494 e. The van der Waals surface area contributed by atoms with Gasteiger partial charge in [-0.15, -0.1) is 0 Å². The molecule has 0 aliphatic rings. The van der Waals surface area contributed by atoms with E-state index in [1.165, 1.54) is 0 Å². The van der Waals surface area contributed by atoms with Crippen molar-refractivity contribution < 1.29 is 17.9 Å². The van der Waals surface area contributed by atoms with E-state index < -0.39 is 22.0 Å².